The first-order valence-corrected chi connectivity index (χ1v) is 5.90. The Morgan fingerprint density at radius 2 is 1.80 bits per heavy atom. The van der Waals surface area contributed by atoms with E-state index in [2.05, 4.69) is 51.1 Å². The van der Waals surface area contributed by atoms with Gasteiger partial charge in [0, 0.05) is 11.5 Å². The second-order valence-electron chi connectivity index (χ2n) is 4.84. The third-order valence-corrected chi connectivity index (χ3v) is 3.31. The van der Waals surface area contributed by atoms with Crippen molar-refractivity contribution in [3.05, 3.63) is 35.9 Å². The zero-order chi connectivity index (χ0) is 11.3. The summed E-state index contributed by atoms with van der Waals surface area (Å²) in [7, 11) is 0. The molecule has 1 atom stereocenters. The fraction of sp³-hybridized carbons (Fsp3) is 0.571. The van der Waals surface area contributed by atoms with E-state index in [0.29, 0.717) is 0 Å². The van der Waals surface area contributed by atoms with Crippen molar-refractivity contribution < 1.29 is 0 Å². The van der Waals surface area contributed by atoms with Gasteiger partial charge in [-0.2, -0.15) is 0 Å². The Bertz CT molecular complexity index is 277. The van der Waals surface area contributed by atoms with Crippen molar-refractivity contribution in [2.24, 2.45) is 5.73 Å². The fourth-order valence-corrected chi connectivity index (χ4v) is 1.87. The summed E-state index contributed by atoms with van der Waals surface area (Å²) in [5, 5.41) is 0. The Kier molecular flexibility index (Phi) is 4.34. The Labute approximate surface area is 93.7 Å². The van der Waals surface area contributed by atoms with Gasteiger partial charge in [0.25, 0.3) is 0 Å². The van der Waals surface area contributed by atoms with Crippen molar-refractivity contribution in [3.8, 4) is 0 Å². The molecule has 2 N–H and O–H groups in total. The highest BCUT2D eigenvalue weighted by molar-refractivity contribution is 5.25. The van der Waals surface area contributed by atoms with Crippen LogP contribution in [0.25, 0.3) is 0 Å². The molecule has 0 amide bonds. The number of hydrogen-bond acceptors (Lipinski definition) is 1. The molecule has 0 aliphatic heterocycles. The van der Waals surface area contributed by atoms with Gasteiger partial charge < -0.3 is 5.73 Å². The van der Waals surface area contributed by atoms with Crippen LogP contribution in [0.5, 0.6) is 0 Å². The van der Waals surface area contributed by atoms with Gasteiger partial charge in [0.15, 0.2) is 0 Å². The third-order valence-electron chi connectivity index (χ3n) is 3.31. The van der Waals surface area contributed by atoms with E-state index < -0.39 is 0 Å². The molecule has 0 spiro atoms. The van der Waals surface area contributed by atoms with Crippen molar-refractivity contribution in [2.75, 3.05) is 0 Å². The van der Waals surface area contributed by atoms with E-state index in [1.54, 1.807) is 0 Å². The summed E-state index contributed by atoms with van der Waals surface area (Å²) in [6, 6.07) is 10.8. The summed E-state index contributed by atoms with van der Waals surface area (Å²) < 4.78 is 0. The van der Waals surface area contributed by atoms with E-state index in [-0.39, 0.29) is 11.5 Å². The Balaban J connectivity index is 2.73. The maximum absolute atomic E-state index is 6.27. The lowest BCUT2D eigenvalue weighted by molar-refractivity contribution is 0.380. The molecular formula is C14H23N. The average Bonchev–Trinajstić information content (AvgIpc) is 2.27. The molecule has 0 aromatic heterocycles. The predicted octanol–water partition coefficient (Wildman–Crippen LogP) is 3.48. The molecule has 1 heteroatoms. The molecule has 0 radical (unpaired) electrons. The maximum Gasteiger partial charge on any atom is 0.0131 e. The minimum Gasteiger partial charge on any atom is -0.327 e. The smallest absolute Gasteiger partial charge is 0.0131 e. The lowest BCUT2D eigenvalue weighted by Crippen LogP contribution is -2.40. The third kappa shape index (κ3) is 3.07. The van der Waals surface area contributed by atoms with E-state index in [1.807, 2.05) is 0 Å². The quantitative estimate of drug-likeness (QED) is 0.782. The van der Waals surface area contributed by atoms with Gasteiger partial charge in [-0.25, -0.2) is 0 Å². The van der Waals surface area contributed by atoms with Crippen molar-refractivity contribution in [3.63, 3.8) is 0 Å². The van der Waals surface area contributed by atoms with Gasteiger partial charge in [0.05, 0.1) is 0 Å². The van der Waals surface area contributed by atoms with Gasteiger partial charge in [-0.05, 0) is 12.0 Å². The van der Waals surface area contributed by atoms with E-state index in [9.17, 15) is 0 Å². The summed E-state index contributed by atoms with van der Waals surface area (Å²) in [4.78, 5) is 0. The van der Waals surface area contributed by atoms with E-state index in [4.69, 9.17) is 5.73 Å². The summed E-state index contributed by atoms with van der Waals surface area (Å²) >= 11 is 0. The molecule has 0 saturated heterocycles. The molecule has 1 rings (SSSR count). The molecule has 0 saturated carbocycles. The molecule has 1 unspecified atom stereocenters. The van der Waals surface area contributed by atoms with Crippen LogP contribution in [0.15, 0.2) is 30.3 Å². The zero-order valence-corrected chi connectivity index (χ0v) is 10.2. The summed E-state index contributed by atoms with van der Waals surface area (Å²) in [6.07, 6.45) is 3.55. The van der Waals surface area contributed by atoms with Crippen LogP contribution in [0.2, 0.25) is 0 Å². The number of unbranched alkanes of at least 4 members (excludes halogenated alkanes) is 1. The molecule has 1 aromatic rings. The highest BCUT2D eigenvalue weighted by Gasteiger charge is 2.27. The van der Waals surface area contributed by atoms with Crippen LogP contribution in [0.4, 0.5) is 0 Å². The van der Waals surface area contributed by atoms with Crippen molar-refractivity contribution >= 4 is 0 Å². The van der Waals surface area contributed by atoms with Crippen LogP contribution < -0.4 is 5.73 Å². The highest BCUT2D eigenvalue weighted by atomic mass is 14.7. The van der Waals surface area contributed by atoms with E-state index in [1.165, 1.54) is 18.4 Å². The summed E-state index contributed by atoms with van der Waals surface area (Å²) in [5.74, 6) is 0. The lowest BCUT2D eigenvalue weighted by Gasteiger charge is -2.32. The largest absolute Gasteiger partial charge is 0.327 e. The first-order valence-electron chi connectivity index (χ1n) is 5.90. The number of nitrogens with two attached hydrogens (primary N) is 1. The number of benzene rings is 1. The molecule has 0 bridgehead atoms. The number of rotatable bonds is 5. The molecule has 1 aromatic carbocycles. The van der Waals surface area contributed by atoms with Crippen LogP contribution in [-0.4, -0.2) is 6.04 Å². The zero-order valence-electron chi connectivity index (χ0n) is 10.2. The molecule has 84 valence electrons. The van der Waals surface area contributed by atoms with Crippen LogP contribution in [0.1, 0.15) is 45.6 Å². The van der Waals surface area contributed by atoms with Crippen molar-refractivity contribution in [2.45, 2.75) is 51.5 Å². The van der Waals surface area contributed by atoms with E-state index >= 15 is 0 Å². The lowest BCUT2D eigenvalue weighted by atomic mass is 9.76. The first kappa shape index (κ1) is 12.3. The summed E-state index contributed by atoms with van der Waals surface area (Å²) in [5.41, 5.74) is 7.69. The van der Waals surface area contributed by atoms with Gasteiger partial charge in [0.1, 0.15) is 0 Å². The second-order valence-corrected chi connectivity index (χ2v) is 4.84. The van der Waals surface area contributed by atoms with E-state index in [0.717, 1.165) is 6.42 Å². The maximum atomic E-state index is 6.27. The Hall–Kier alpha value is -0.820. The average molecular weight is 205 g/mol. The van der Waals surface area contributed by atoms with Crippen molar-refractivity contribution in [1.29, 1.82) is 0 Å². The van der Waals surface area contributed by atoms with Gasteiger partial charge in [-0.1, -0.05) is 63.9 Å². The molecule has 15 heavy (non-hydrogen) atoms. The SMILES string of the molecule is CCCCC(N)C(C)(C)c1ccccc1. The van der Waals surface area contributed by atoms with Crippen LogP contribution in [0, 0.1) is 0 Å². The molecule has 0 aliphatic carbocycles. The van der Waals surface area contributed by atoms with Gasteiger partial charge in [-0.3, -0.25) is 0 Å². The highest BCUT2D eigenvalue weighted by Crippen LogP contribution is 2.28. The minimum atomic E-state index is 0.0798. The predicted molar refractivity (Wildman–Crippen MR) is 67.0 cm³/mol. The molecular weight excluding hydrogens is 182 g/mol. The fourth-order valence-electron chi connectivity index (χ4n) is 1.87. The first-order chi connectivity index (χ1) is 7.09. The molecule has 0 fully saturated rings. The van der Waals surface area contributed by atoms with Crippen LogP contribution in [0.3, 0.4) is 0 Å². The topological polar surface area (TPSA) is 26.0 Å². The minimum absolute atomic E-state index is 0.0798. The molecule has 0 aliphatic rings. The molecule has 0 heterocycles. The Morgan fingerprint density at radius 1 is 1.20 bits per heavy atom. The molecule has 1 nitrogen and oxygen atoms in total. The van der Waals surface area contributed by atoms with Gasteiger partial charge in [-0.15, -0.1) is 0 Å². The van der Waals surface area contributed by atoms with Gasteiger partial charge in [0.2, 0.25) is 0 Å². The monoisotopic (exact) mass is 205 g/mol. The normalized spacial score (nSPS) is 13.9. The Morgan fingerprint density at radius 3 is 2.33 bits per heavy atom. The van der Waals surface area contributed by atoms with Crippen LogP contribution in [-0.2, 0) is 5.41 Å². The summed E-state index contributed by atoms with van der Waals surface area (Å²) in [6.45, 7) is 6.69. The standard InChI is InChI=1S/C14H23N/c1-4-5-11-13(15)14(2,3)12-9-7-6-8-10-12/h6-10,13H,4-5,11,15H2,1-3H3. The van der Waals surface area contributed by atoms with Gasteiger partial charge >= 0.3 is 0 Å². The number of hydrogen-bond donors (Lipinski definition) is 1. The van der Waals surface area contributed by atoms with Crippen molar-refractivity contribution in [1.82, 2.24) is 0 Å². The second kappa shape index (κ2) is 5.32. The van der Waals surface area contributed by atoms with Crippen LogP contribution >= 0.6 is 0 Å².